The first-order valence-corrected chi connectivity index (χ1v) is 3.27. The summed E-state index contributed by atoms with van der Waals surface area (Å²) < 4.78 is 0. The molecule has 0 aliphatic carbocycles. The highest BCUT2D eigenvalue weighted by Crippen LogP contribution is 1.82. The lowest BCUT2D eigenvalue weighted by Crippen LogP contribution is -2.42. The van der Waals surface area contributed by atoms with E-state index in [2.05, 4.69) is 5.32 Å². The zero-order valence-corrected chi connectivity index (χ0v) is 6.33. The third-order valence-corrected chi connectivity index (χ3v) is 1.14. The molecule has 64 valence electrons. The van der Waals surface area contributed by atoms with Crippen LogP contribution in [0.15, 0.2) is 0 Å². The molecule has 0 radical (unpaired) electrons. The van der Waals surface area contributed by atoms with E-state index in [-0.39, 0.29) is 18.9 Å². The first kappa shape index (κ1) is 9.90. The SMILES string of the molecule is C[C@H](NC(=O)CCO)C(N)=O. The van der Waals surface area contributed by atoms with Crippen molar-refractivity contribution in [2.45, 2.75) is 19.4 Å². The van der Waals surface area contributed by atoms with Gasteiger partial charge in [-0.05, 0) is 6.92 Å². The minimum atomic E-state index is -0.672. The van der Waals surface area contributed by atoms with Gasteiger partial charge in [-0.3, -0.25) is 9.59 Å². The molecule has 0 bridgehead atoms. The largest absolute Gasteiger partial charge is 0.396 e. The van der Waals surface area contributed by atoms with Crippen LogP contribution in [0.25, 0.3) is 0 Å². The van der Waals surface area contributed by atoms with Crippen LogP contribution >= 0.6 is 0 Å². The maximum Gasteiger partial charge on any atom is 0.239 e. The van der Waals surface area contributed by atoms with Crippen molar-refractivity contribution in [1.82, 2.24) is 5.32 Å². The molecule has 0 aliphatic heterocycles. The lowest BCUT2D eigenvalue weighted by atomic mass is 10.3. The molecule has 0 aromatic rings. The Morgan fingerprint density at radius 1 is 1.64 bits per heavy atom. The summed E-state index contributed by atoms with van der Waals surface area (Å²) in [7, 11) is 0. The van der Waals surface area contributed by atoms with Crippen molar-refractivity contribution in [3.05, 3.63) is 0 Å². The van der Waals surface area contributed by atoms with Crippen LogP contribution in [0.1, 0.15) is 13.3 Å². The third kappa shape index (κ3) is 4.32. The number of amides is 2. The molecule has 0 spiro atoms. The molecule has 0 aliphatic rings. The van der Waals surface area contributed by atoms with E-state index in [4.69, 9.17) is 10.8 Å². The van der Waals surface area contributed by atoms with E-state index >= 15 is 0 Å². The molecule has 0 aromatic carbocycles. The van der Waals surface area contributed by atoms with Gasteiger partial charge in [0.15, 0.2) is 0 Å². The van der Waals surface area contributed by atoms with E-state index in [1.165, 1.54) is 6.92 Å². The fourth-order valence-corrected chi connectivity index (χ4v) is 0.486. The number of rotatable bonds is 4. The Morgan fingerprint density at radius 2 is 2.18 bits per heavy atom. The standard InChI is InChI=1S/C6H12N2O3/c1-4(6(7)11)8-5(10)2-3-9/h4,9H,2-3H2,1H3,(H2,7,11)(H,8,10)/t4-/m0/s1. The van der Waals surface area contributed by atoms with E-state index in [1.807, 2.05) is 0 Å². The lowest BCUT2D eigenvalue weighted by Gasteiger charge is -2.08. The van der Waals surface area contributed by atoms with Gasteiger partial charge in [0.05, 0.1) is 6.61 Å². The second-order valence-electron chi connectivity index (χ2n) is 2.17. The van der Waals surface area contributed by atoms with Crippen LogP contribution in [-0.4, -0.2) is 29.6 Å². The van der Waals surface area contributed by atoms with Crippen molar-refractivity contribution < 1.29 is 14.7 Å². The fraction of sp³-hybridized carbons (Fsp3) is 0.667. The number of aliphatic hydroxyl groups is 1. The Kier molecular flexibility index (Phi) is 4.21. The molecule has 0 aromatic heterocycles. The van der Waals surface area contributed by atoms with Crippen molar-refractivity contribution >= 4 is 11.8 Å². The molecule has 2 amide bonds. The minimum Gasteiger partial charge on any atom is -0.396 e. The number of nitrogens with two attached hydrogens (primary N) is 1. The van der Waals surface area contributed by atoms with Crippen molar-refractivity contribution in [3.63, 3.8) is 0 Å². The van der Waals surface area contributed by atoms with Crippen LogP contribution in [0.4, 0.5) is 0 Å². The van der Waals surface area contributed by atoms with Gasteiger partial charge < -0.3 is 16.2 Å². The maximum atomic E-state index is 10.7. The highest BCUT2D eigenvalue weighted by atomic mass is 16.3. The summed E-state index contributed by atoms with van der Waals surface area (Å²) in [4.78, 5) is 21.1. The van der Waals surface area contributed by atoms with E-state index in [1.54, 1.807) is 0 Å². The number of primary amides is 1. The smallest absolute Gasteiger partial charge is 0.239 e. The predicted molar refractivity (Wildman–Crippen MR) is 38.5 cm³/mol. The van der Waals surface area contributed by atoms with Crippen LogP contribution in [0.3, 0.4) is 0 Å². The maximum absolute atomic E-state index is 10.7. The van der Waals surface area contributed by atoms with Crippen molar-refractivity contribution in [1.29, 1.82) is 0 Å². The Bertz CT molecular complexity index is 158. The first-order valence-electron chi connectivity index (χ1n) is 3.27. The van der Waals surface area contributed by atoms with E-state index < -0.39 is 11.9 Å². The van der Waals surface area contributed by atoms with Crippen LogP contribution in [-0.2, 0) is 9.59 Å². The second-order valence-corrected chi connectivity index (χ2v) is 2.17. The average Bonchev–Trinajstić information content (AvgIpc) is 1.87. The summed E-state index contributed by atoms with van der Waals surface area (Å²) in [6.45, 7) is 1.26. The number of carbonyl (C=O) groups is 2. The van der Waals surface area contributed by atoms with Crippen molar-refractivity contribution in [3.8, 4) is 0 Å². The topological polar surface area (TPSA) is 92.4 Å². The van der Waals surface area contributed by atoms with Gasteiger partial charge in [0.2, 0.25) is 11.8 Å². The van der Waals surface area contributed by atoms with Gasteiger partial charge >= 0.3 is 0 Å². The van der Waals surface area contributed by atoms with Gasteiger partial charge in [-0.25, -0.2) is 0 Å². The van der Waals surface area contributed by atoms with Crippen LogP contribution in [0, 0.1) is 0 Å². The molecule has 1 atom stereocenters. The molecule has 4 N–H and O–H groups in total. The van der Waals surface area contributed by atoms with Gasteiger partial charge in [-0.2, -0.15) is 0 Å². The molecule has 0 rings (SSSR count). The first-order chi connectivity index (χ1) is 5.07. The predicted octanol–water partition coefficient (Wildman–Crippen LogP) is -1.64. The summed E-state index contributed by atoms with van der Waals surface area (Å²) in [6.07, 6.45) is -0.00236. The van der Waals surface area contributed by atoms with Gasteiger partial charge in [0, 0.05) is 6.42 Å². The number of nitrogens with one attached hydrogen (secondary N) is 1. The number of hydrogen-bond acceptors (Lipinski definition) is 3. The number of carbonyl (C=O) groups excluding carboxylic acids is 2. The average molecular weight is 160 g/mol. The van der Waals surface area contributed by atoms with E-state index in [0.717, 1.165) is 0 Å². The summed E-state index contributed by atoms with van der Waals surface area (Å²) in [5.74, 6) is -0.963. The van der Waals surface area contributed by atoms with E-state index in [9.17, 15) is 9.59 Å². The van der Waals surface area contributed by atoms with Crippen LogP contribution < -0.4 is 11.1 Å². The van der Waals surface area contributed by atoms with Crippen LogP contribution in [0.5, 0.6) is 0 Å². The molecule has 0 fully saturated rings. The summed E-state index contributed by atoms with van der Waals surface area (Å²) in [5.41, 5.74) is 4.86. The molecule has 0 saturated carbocycles. The van der Waals surface area contributed by atoms with Crippen molar-refractivity contribution in [2.24, 2.45) is 5.73 Å². The fourth-order valence-electron chi connectivity index (χ4n) is 0.486. The highest BCUT2D eigenvalue weighted by Gasteiger charge is 2.10. The molecular formula is C6H12N2O3. The second kappa shape index (κ2) is 4.68. The van der Waals surface area contributed by atoms with Crippen molar-refractivity contribution in [2.75, 3.05) is 6.61 Å². The number of aliphatic hydroxyl groups excluding tert-OH is 1. The van der Waals surface area contributed by atoms with Gasteiger partial charge in [-0.15, -0.1) is 0 Å². The zero-order chi connectivity index (χ0) is 8.85. The summed E-state index contributed by atoms with van der Waals surface area (Å²) in [5, 5.41) is 10.6. The Morgan fingerprint density at radius 3 is 2.55 bits per heavy atom. The van der Waals surface area contributed by atoms with Crippen LogP contribution in [0.2, 0.25) is 0 Å². The Balaban J connectivity index is 3.66. The normalized spacial score (nSPS) is 12.2. The monoisotopic (exact) mass is 160 g/mol. The van der Waals surface area contributed by atoms with E-state index in [0.29, 0.717) is 0 Å². The third-order valence-electron chi connectivity index (χ3n) is 1.14. The summed E-state index contributed by atoms with van der Waals surface area (Å²) in [6, 6.07) is -0.672. The molecular weight excluding hydrogens is 148 g/mol. The van der Waals surface area contributed by atoms with Gasteiger partial charge in [0.1, 0.15) is 6.04 Å². The molecule has 11 heavy (non-hydrogen) atoms. The molecule has 0 saturated heterocycles. The minimum absolute atomic E-state index is 0.00236. The lowest BCUT2D eigenvalue weighted by molar-refractivity contribution is -0.127. The zero-order valence-electron chi connectivity index (χ0n) is 6.33. The molecule has 5 nitrogen and oxygen atoms in total. The number of hydrogen-bond donors (Lipinski definition) is 3. The molecule has 5 heteroatoms. The Labute approximate surface area is 64.6 Å². The van der Waals surface area contributed by atoms with Gasteiger partial charge in [-0.1, -0.05) is 0 Å². The highest BCUT2D eigenvalue weighted by molar-refractivity contribution is 5.86. The quantitative estimate of drug-likeness (QED) is 0.460. The molecule has 0 heterocycles. The van der Waals surface area contributed by atoms with Gasteiger partial charge in [0.25, 0.3) is 0 Å². The molecule has 0 unspecified atom stereocenters. The summed E-state index contributed by atoms with van der Waals surface area (Å²) >= 11 is 0. The Hall–Kier alpha value is -1.10.